The number of fused-ring (bicyclic) bond motifs is 3. The summed E-state index contributed by atoms with van der Waals surface area (Å²) in [5.41, 5.74) is 0.487. The second kappa shape index (κ2) is 9.86. The summed E-state index contributed by atoms with van der Waals surface area (Å²) >= 11 is 1.21. The Morgan fingerprint density at radius 3 is 2.79 bits per heavy atom. The molecule has 0 aliphatic rings. The Hall–Kier alpha value is -3.66. The van der Waals surface area contributed by atoms with Gasteiger partial charge in [-0.2, -0.15) is 0 Å². The molecule has 4 aromatic rings. The van der Waals surface area contributed by atoms with Crippen molar-refractivity contribution in [1.82, 2.24) is 24.5 Å². The van der Waals surface area contributed by atoms with E-state index in [2.05, 4.69) is 22.1 Å². The molecule has 33 heavy (non-hydrogen) atoms. The molecule has 0 saturated carbocycles. The van der Waals surface area contributed by atoms with Crippen molar-refractivity contribution in [3.63, 3.8) is 0 Å². The van der Waals surface area contributed by atoms with E-state index in [1.165, 1.54) is 28.5 Å². The standard InChI is InChI=1S/C23H22FN5O3S/c1-3-12-28-21(31)16-8-4-6-10-18(16)29-22(28)26-27-23(29)33-14-20(30)25-15(2)13-32-19-11-7-5-9-17(19)24/h3-11,15H,1,12-14H2,2H3,(H,25,30). The Bertz CT molecular complexity index is 1380. The monoisotopic (exact) mass is 467 g/mol. The van der Waals surface area contributed by atoms with Crippen LogP contribution in [0, 0.1) is 5.82 Å². The lowest BCUT2D eigenvalue weighted by Crippen LogP contribution is -2.37. The topological polar surface area (TPSA) is 90.5 Å². The van der Waals surface area contributed by atoms with Gasteiger partial charge in [-0.05, 0) is 31.2 Å². The lowest BCUT2D eigenvalue weighted by Gasteiger charge is -2.15. The number of carbonyl (C=O) groups excluding carboxylic acids is 1. The van der Waals surface area contributed by atoms with E-state index in [1.54, 1.807) is 41.7 Å². The first kappa shape index (κ1) is 22.5. The fourth-order valence-electron chi connectivity index (χ4n) is 3.39. The van der Waals surface area contributed by atoms with Gasteiger partial charge in [-0.15, -0.1) is 16.8 Å². The zero-order valence-corrected chi connectivity index (χ0v) is 18.7. The van der Waals surface area contributed by atoms with Crippen LogP contribution in [0.2, 0.25) is 0 Å². The van der Waals surface area contributed by atoms with Gasteiger partial charge in [0.05, 0.1) is 22.7 Å². The number of nitrogens with one attached hydrogen (secondary N) is 1. The summed E-state index contributed by atoms with van der Waals surface area (Å²) in [6.45, 7) is 5.90. The number of benzene rings is 2. The maximum atomic E-state index is 13.7. The molecule has 4 rings (SSSR count). The first-order valence-corrected chi connectivity index (χ1v) is 11.2. The number of aromatic nitrogens is 4. The molecule has 10 heteroatoms. The molecule has 0 saturated heterocycles. The number of nitrogens with zero attached hydrogens (tertiary/aromatic N) is 4. The van der Waals surface area contributed by atoms with E-state index in [0.29, 0.717) is 21.8 Å². The number of carbonyl (C=O) groups is 1. The smallest absolute Gasteiger partial charge is 0.263 e. The number of thioether (sulfide) groups is 1. The number of para-hydroxylation sites is 2. The van der Waals surface area contributed by atoms with Crippen molar-refractivity contribution < 1.29 is 13.9 Å². The van der Waals surface area contributed by atoms with Gasteiger partial charge in [0, 0.05) is 6.54 Å². The normalized spacial score (nSPS) is 12.1. The van der Waals surface area contributed by atoms with E-state index in [-0.39, 0.29) is 42.2 Å². The van der Waals surface area contributed by atoms with Crippen molar-refractivity contribution in [3.8, 4) is 5.75 Å². The number of rotatable bonds is 9. The molecule has 170 valence electrons. The van der Waals surface area contributed by atoms with E-state index in [4.69, 9.17) is 4.74 Å². The Morgan fingerprint density at radius 2 is 2.00 bits per heavy atom. The molecule has 2 heterocycles. The molecule has 1 amide bonds. The minimum absolute atomic E-state index is 0.0831. The first-order chi connectivity index (χ1) is 16.0. The highest BCUT2D eigenvalue weighted by atomic mass is 32.2. The summed E-state index contributed by atoms with van der Waals surface area (Å²) < 4.78 is 22.4. The first-order valence-electron chi connectivity index (χ1n) is 10.3. The number of halogens is 1. The van der Waals surface area contributed by atoms with Crippen LogP contribution < -0.4 is 15.6 Å². The highest BCUT2D eigenvalue weighted by molar-refractivity contribution is 7.99. The third-order valence-corrected chi connectivity index (χ3v) is 5.78. The molecule has 2 aromatic heterocycles. The molecule has 0 radical (unpaired) electrons. The Morgan fingerprint density at radius 1 is 1.24 bits per heavy atom. The van der Waals surface area contributed by atoms with Gasteiger partial charge in [0.15, 0.2) is 16.7 Å². The third kappa shape index (κ3) is 4.75. The summed E-state index contributed by atoms with van der Waals surface area (Å²) in [6, 6.07) is 13.0. The molecule has 0 bridgehead atoms. The average molecular weight is 468 g/mol. The molecule has 0 spiro atoms. The third-order valence-electron chi connectivity index (χ3n) is 4.86. The SMILES string of the molecule is C=CCn1c(=O)c2ccccc2n2c(SCC(=O)NC(C)COc3ccccc3F)nnc12. The molecule has 0 fully saturated rings. The van der Waals surface area contributed by atoms with Crippen molar-refractivity contribution in [2.45, 2.75) is 24.7 Å². The maximum absolute atomic E-state index is 13.7. The largest absolute Gasteiger partial charge is 0.488 e. The van der Waals surface area contributed by atoms with Crippen LogP contribution in [-0.4, -0.2) is 43.5 Å². The molecule has 1 N–H and O–H groups in total. The van der Waals surface area contributed by atoms with Crippen molar-refractivity contribution in [1.29, 1.82) is 0 Å². The van der Waals surface area contributed by atoms with Crippen LogP contribution in [-0.2, 0) is 11.3 Å². The summed E-state index contributed by atoms with van der Waals surface area (Å²) in [5.74, 6) is -0.0780. The van der Waals surface area contributed by atoms with Gasteiger partial charge in [0.25, 0.3) is 5.56 Å². The maximum Gasteiger partial charge on any atom is 0.263 e. The van der Waals surface area contributed by atoms with Gasteiger partial charge >= 0.3 is 0 Å². The molecule has 2 aromatic carbocycles. The minimum atomic E-state index is -0.451. The number of hydrogen-bond donors (Lipinski definition) is 1. The van der Waals surface area contributed by atoms with Gasteiger partial charge in [-0.1, -0.05) is 42.1 Å². The Labute approximate surface area is 193 Å². The van der Waals surface area contributed by atoms with Gasteiger partial charge in [0.2, 0.25) is 11.7 Å². The van der Waals surface area contributed by atoms with Crippen molar-refractivity contribution >= 4 is 34.3 Å². The highest BCUT2D eigenvalue weighted by Gasteiger charge is 2.17. The lowest BCUT2D eigenvalue weighted by atomic mass is 10.2. The molecule has 0 aliphatic heterocycles. The fraction of sp³-hybridized carbons (Fsp3) is 0.217. The van der Waals surface area contributed by atoms with Crippen molar-refractivity contribution in [3.05, 3.63) is 77.4 Å². The van der Waals surface area contributed by atoms with Crippen LogP contribution in [0.15, 0.2) is 71.1 Å². The van der Waals surface area contributed by atoms with Crippen molar-refractivity contribution in [2.24, 2.45) is 0 Å². The van der Waals surface area contributed by atoms with E-state index in [1.807, 2.05) is 12.1 Å². The molecular weight excluding hydrogens is 445 g/mol. The van der Waals surface area contributed by atoms with Gasteiger partial charge in [-0.3, -0.25) is 18.6 Å². The quantitative estimate of drug-likeness (QED) is 0.301. The molecule has 1 atom stereocenters. The predicted octanol–water partition coefficient (Wildman–Crippen LogP) is 3.05. The molecule has 8 nitrogen and oxygen atoms in total. The van der Waals surface area contributed by atoms with E-state index < -0.39 is 5.82 Å². The predicted molar refractivity (Wildman–Crippen MR) is 125 cm³/mol. The second-order valence-electron chi connectivity index (χ2n) is 7.34. The van der Waals surface area contributed by atoms with Crippen LogP contribution in [0.3, 0.4) is 0 Å². The van der Waals surface area contributed by atoms with Crippen LogP contribution in [0.4, 0.5) is 4.39 Å². The second-order valence-corrected chi connectivity index (χ2v) is 8.28. The van der Waals surface area contributed by atoms with Crippen LogP contribution >= 0.6 is 11.8 Å². The van der Waals surface area contributed by atoms with Crippen LogP contribution in [0.25, 0.3) is 16.7 Å². The number of allylic oxidation sites excluding steroid dienone is 1. The summed E-state index contributed by atoms with van der Waals surface area (Å²) in [5, 5.41) is 12.2. The molecule has 0 aliphatic carbocycles. The number of hydrogen-bond acceptors (Lipinski definition) is 6. The van der Waals surface area contributed by atoms with Gasteiger partial charge in [0.1, 0.15) is 6.61 Å². The lowest BCUT2D eigenvalue weighted by molar-refractivity contribution is -0.119. The summed E-state index contributed by atoms with van der Waals surface area (Å²) in [4.78, 5) is 25.3. The summed E-state index contributed by atoms with van der Waals surface area (Å²) in [7, 11) is 0. The average Bonchev–Trinajstić information content (AvgIpc) is 3.24. The highest BCUT2D eigenvalue weighted by Crippen LogP contribution is 2.21. The van der Waals surface area contributed by atoms with Crippen LogP contribution in [0.1, 0.15) is 6.92 Å². The van der Waals surface area contributed by atoms with E-state index in [0.717, 1.165) is 0 Å². The van der Waals surface area contributed by atoms with E-state index >= 15 is 0 Å². The minimum Gasteiger partial charge on any atom is -0.488 e. The van der Waals surface area contributed by atoms with Crippen molar-refractivity contribution in [2.75, 3.05) is 12.4 Å². The van der Waals surface area contributed by atoms with Gasteiger partial charge in [-0.25, -0.2) is 4.39 Å². The zero-order valence-electron chi connectivity index (χ0n) is 17.9. The molecule has 1 unspecified atom stereocenters. The van der Waals surface area contributed by atoms with Gasteiger partial charge < -0.3 is 10.1 Å². The number of amides is 1. The molecular formula is C23H22FN5O3S. The Balaban J connectivity index is 1.47. The fourth-order valence-corrected chi connectivity index (χ4v) is 4.14. The number of ether oxygens (including phenoxy) is 1. The summed E-state index contributed by atoms with van der Waals surface area (Å²) in [6.07, 6.45) is 1.62. The Kier molecular flexibility index (Phi) is 6.74. The van der Waals surface area contributed by atoms with E-state index in [9.17, 15) is 14.0 Å². The zero-order chi connectivity index (χ0) is 23.4. The van der Waals surface area contributed by atoms with Crippen LogP contribution in [0.5, 0.6) is 5.75 Å².